The van der Waals surface area contributed by atoms with Crippen LogP contribution in [0.2, 0.25) is 0 Å². The van der Waals surface area contributed by atoms with Crippen LogP contribution >= 0.6 is 11.3 Å². The van der Waals surface area contributed by atoms with Crippen molar-refractivity contribution in [2.24, 2.45) is 0 Å². The molecule has 3 N–H and O–H groups in total. The molecule has 1 aliphatic rings. The van der Waals surface area contributed by atoms with Gasteiger partial charge in [-0.1, -0.05) is 18.6 Å². The normalized spacial score (nSPS) is 13.6. The average molecular weight is 484 g/mol. The number of hydrogen-bond donors (Lipinski definition) is 2. The standard InChI is InChI=1S/C14H9N5OS.C6H10F2.2CH3F/c15-5-8-3-1-2-4-10(8)18-13(20)9-7-21-14-12(9)19-11(16)6-17-14;7-6(8)4-2-1-3-5-6;2*1-2/h1-4,6-7H,(H2,16,19)(H,18,20);1-5H2;2*1H3. The van der Waals surface area contributed by atoms with Crippen LogP contribution in [0.25, 0.3) is 10.3 Å². The van der Waals surface area contributed by atoms with Crippen molar-refractivity contribution in [3.05, 3.63) is 47.0 Å². The molecular formula is C22H25F4N5OS. The number of halogens is 4. The number of fused-ring (bicyclic) bond motifs is 1. The monoisotopic (exact) mass is 483 g/mol. The second kappa shape index (κ2) is 14.0. The summed E-state index contributed by atoms with van der Waals surface area (Å²) in [5.74, 6) is -2.41. The lowest BCUT2D eigenvalue weighted by atomic mass is 9.97. The Morgan fingerprint density at radius 1 is 1.15 bits per heavy atom. The molecule has 0 aliphatic heterocycles. The molecule has 0 unspecified atom stereocenters. The third-order valence-corrected chi connectivity index (χ3v) is 5.30. The first kappa shape index (κ1) is 27.8. The highest BCUT2D eigenvalue weighted by atomic mass is 32.1. The number of thiophene rings is 1. The van der Waals surface area contributed by atoms with Gasteiger partial charge in [-0.3, -0.25) is 13.6 Å². The van der Waals surface area contributed by atoms with E-state index in [1.807, 2.05) is 6.07 Å². The molecule has 1 fully saturated rings. The van der Waals surface area contributed by atoms with Crippen molar-refractivity contribution >= 4 is 39.1 Å². The van der Waals surface area contributed by atoms with Crippen LogP contribution < -0.4 is 11.1 Å². The van der Waals surface area contributed by atoms with E-state index in [1.165, 1.54) is 17.5 Å². The van der Waals surface area contributed by atoms with Gasteiger partial charge in [0.1, 0.15) is 22.2 Å². The number of nitrogens with one attached hydrogen (secondary N) is 1. The number of nitrogens with two attached hydrogens (primary N) is 1. The summed E-state index contributed by atoms with van der Waals surface area (Å²) in [7, 11) is 1.00. The molecule has 2 heterocycles. The molecule has 0 atom stereocenters. The molecule has 1 aliphatic carbocycles. The van der Waals surface area contributed by atoms with E-state index in [1.54, 1.807) is 29.6 Å². The van der Waals surface area contributed by atoms with Crippen LogP contribution in [-0.4, -0.2) is 36.2 Å². The van der Waals surface area contributed by atoms with Crippen LogP contribution in [0.15, 0.2) is 35.8 Å². The summed E-state index contributed by atoms with van der Waals surface area (Å²) in [5.41, 5.74) is 7.32. The molecule has 2 aromatic heterocycles. The lowest BCUT2D eigenvalue weighted by Crippen LogP contribution is -2.18. The topological polar surface area (TPSA) is 105 Å². The molecule has 1 amide bonds. The Balaban J connectivity index is 0.000000380. The fourth-order valence-electron chi connectivity index (χ4n) is 2.93. The number of carbonyl (C=O) groups excluding carboxylic acids is 1. The van der Waals surface area contributed by atoms with Crippen LogP contribution in [0, 0.1) is 11.3 Å². The maximum absolute atomic E-state index is 12.3. The summed E-state index contributed by atoms with van der Waals surface area (Å²) < 4.78 is 43.4. The third kappa shape index (κ3) is 8.31. The fraction of sp³-hybridized carbons (Fsp3) is 0.364. The van der Waals surface area contributed by atoms with Crippen LogP contribution in [0.3, 0.4) is 0 Å². The Labute approximate surface area is 193 Å². The Morgan fingerprint density at radius 3 is 2.36 bits per heavy atom. The van der Waals surface area contributed by atoms with E-state index in [0.717, 1.165) is 6.42 Å². The minimum Gasteiger partial charge on any atom is -0.382 e. The number of anilines is 2. The van der Waals surface area contributed by atoms with Gasteiger partial charge in [-0.2, -0.15) is 5.26 Å². The molecule has 1 saturated carbocycles. The van der Waals surface area contributed by atoms with Crippen LogP contribution in [0.4, 0.5) is 29.1 Å². The molecule has 4 rings (SSSR count). The number of carbonyl (C=O) groups is 1. The maximum Gasteiger partial charge on any atom is 0.258 e. The molecule has 0 saturated heterocycles. The molecule has 33 heavy (non-hydrogen) atoms. The Hall–Kier alpha value is -3.26. The molecule has 178 valence electrons. The number of hydrogen-bond acceptors (Lipinski definition) is 6. The molecule has 6 nitrogen and oxygen atoms in total. The Kier molecular flexibility index (Phi) is 11.8. The zero-order valence-electron chi connectivity index (χ0n) is 18.2. The van der Waals surface area contributed by atoms with Crippen molar-refractivity contribution in [2.45, 2.75) is 38.0 Å². The number of nitriles is 1. The minimum atomic E-state index is -2.32. The molecule has 0 spiro atoms. The number of nitrogen functional groups attached to an aromatic ring is 1. The highest BCUT2D eigenvalue weighted by Crippen LogP contribution is 2.32. The van der Waals surface area contributed by atoms with Crippen molar-refractivity contribution in [1.82, 2.24) is 9.97 Å². The summed E-state index contributed by atoms with van der Waals surface area (Å²) in [6.45, 7) is 0. The zero-order chi connectivity index (χ0) is 24.9. The van der Waals surface area contributed by atoms with Crippen LogP contribution in [0.5, 0.6) is 0 Å². The van der Waals surface area contributed by atoms with Gasteiger partial charge in [0.05, 0.1) is 37.4 Å². The van der Waals surface area contributed by atoms with Gasteiger partial charge in [0.2, 0.25) is 5.92 Å². The molecule has 3 aromatic rings. The molecule has 0 radical (unpaired) electrons. The van der Waals surface area contributed by atoms with E-state index in [2.05, 4.69) is 15.3 Å². The van der Waals surface area contributed by atoms with Crippen LogP contribution in [0.1, 0.15) is 48.0 Å². The van der Waals surface area contributed by atoms with Gasteiger partial charge < -0.3 is 11.1 Å². The summed E-state index contributed by atoms with van der Waals surface area (Å²) in [5, 5.41) is 13.4. The first-order valence-electron chi connectivity index (χ1n) is 9.83. The fourth-order valence-corrected chi connectivity index (χ4v) is 3.76. The highest BCUT2D eigenvalue weighted by molar-refractivity contribution is 7.17. The van der Waals surface area contributed by atoms with Gasteiger partial charge in [0.15, 0.2) is 0 Å². The minimum absolute atomic E-state index is 0.118. The quantitative estimate of drug-likeness (QED) is 0.425. The van der Waals surface area contributed by atoms with Crippen molar-refractivity contribution in [1.29, 1.82) is 5.26 Å². The maximum atomic E-state index is 12.3. The predicted molar refractivity (Wildman–Crippen MR) is 123 cm³/mol. The molecule has 0 bridgehead atoms. The molecular weight excluding hydrogens is 458 g/mol. The van der Waals surface area contributed by atoms with Gasteiger partial charge in [-0.15, -0.1) is 11.3 Å². The lowest BCUT2D eigenvalue weighted by molar-refractivity contribution is -0.0337. The van der Waals surface area contributed by atoms with Gasteiger partial charge in [0, 0.05) is 18.2 Å². The number of benzene rings is 1. The number of rotatable bonds is 2. The number of para-hydroxylation sites is 1. The van der Waals surface area contributed by atoms with Gasteiger partial charge in [0.25, 0.3) is 5.91 Å². The van der Waals surface area contributed by atoms with Crippen molar-refractivity contribution in [3.63, 3.8) is 0 Å². The second-order valence-electron chi connectivity index (χ2n) is 6.63. The SMILES string of the molecule is CF.CF.FC1(F)CCCCC1.N#Cc1ccccc1NC(=O)c1csc2ncc(N)nc12. The summed E-state index contributed by atoms with van der Waals surface area (Å²) in [4.78, 5) is 21.3. The summed E-state index contributed by atoms with van der Waals surface area (Å²) in [6.07, 6.45) is 4.11. The average Bonchev–Trinajstić information content (AvgIpc) is 3.25. The van der Waals surface area contributed by atoms with E-state index in [9.17, 15) is 22.4 Å². The van der Waals surface area contributed by atoms with E-state index >= 15 is 0 Å². The van der Waals surface area contributed by atoms with Gasteiger partial charge in [-0.25, -0.2) is 18.7 Å². The predicted octanol–water partition coefficient (Wildman–Crippen LogP) is 6.15. The molecule has 1 aromatic carbocycles. The summed E-state index contributed by atoms with van der Waals surface area (Å²) >= 11 is 1.32. The van der Waals surface area contributed by atoms with Gasteiger partial charge in [-0.05, 0) is 25.0 Å². The van der Waals surface area contributed by atoms with E-state index in [4.69, 9.17) is 11.0 Å². The highest BCUT2D eigenvalue weighted by Gasteiger charge is 2.30. The number of amides is 1. The van der Waals surface area contributed by atoms with Gasteiger partial charge >= 0.3 is 0 Å². The Bertz CT molecular complexity index is 1060. The van der Waals surface area contributed by atoms with Crippen LogP contribution in [-0.2, 0) is 0 Å². The first-order chi connectivity index (χ1) is 15.9. The van der Waals surface area contributed by atoms with E-state index in [0.29, 0.717) is 54.4 Å². The third-order valence-electron chi connectivity index (χ3n) is 4.43. The number of nitrogens with zero attached hydrogens (tertiary/aromatic N) is 3. The second-order valence-corrected chi connectivity index (χ2v) is 7.48. The number of aromatic nitrogens is 2. The van der Waals surface area contributed by atoms with E-state index < -0.39 is 5.92 Å². The lowest BCUT2D eigenvalue weighted by Gasteiger charge is -2.20. The van der Waals surface area contributed by atoms with Crippen molar-refractivity contribution < 1.29 is 22.4 Å². The summed E-state index contributed by atoms with van der Waals surface area (Å²) in [6, 6.07) is 8.83. The van der Waals surface area contributed by atoms with Crippen molar-refractivity contribution in [2.75, 3.05) is 25.4 Å². The zero-order valence-corrected chi connectivity index (χ0v) is 19.1. The number of alkyl halides is 4. The Morgan fingerprint density at radius 2 is 1.79 bits per heavy atom. The molecule has 11 heteroatoms. The first-order valence-corrected chi connectivity index (χ1v) is 10.7. The largest absolute Gasteiger partial charge is 0.382 e. The van der Waals surface area contributed by atoms with E-state index in [-0.39, 0.29) is 24.6 Å². The van der Waals surface area contributed by atoms with Crippen molar-refractivity contribution in [3.8, 4) is 6.07 Å². The smallest absolute Gasteiger partial charge is 0.258 e.